The number of imide groups is 2. The van der Waals surface area contributed by atoms with Gasteiger partial charge in [-0.1, -0.05) is 167 Å². The van der Waals surface area contributed by atoms with Crippen molar-refractivity contribution in [2.75, 3.05) is 46.2 Å². The van der Waals surface area contributed by atoms with E-state index in [9.17, 15) is 59.9 Å². The monoisotopic (exact) mass is 1850 g/mol. The number of carboxylic acids is 1. The lowest BCUT2D eigenvalue weighted by Gasteiger charge is -2.25. The topological polar surface area (TPSA) is 243 Å². The van der Waals surface area contributed by atoms with Crippen molar-refractivity contribution in [3.63, 3.8) is 0 Å². The molecular weight excluding hydrogens is 1720 g/mol. The Balaban J connectivity index is 0.000000360. The van der Waals surface area contributed by atoms with Crippen LogP contribution in [0.25, 0.3) is 0 Å². The summed E-state index contributed by atoms with van der Waals surface area (Å²) in [5, 5.41) is 17.5. The molecular formula is C105H133B4F6N3O16. The van der Waals surface area contributed by atoms with Gasteiger partial charge in [0.25, 0.3) is 0 Å². The van der Waals surface area contributed by atoms with Crippen molar-refractivity contribution < 1.29 is 103 Å². The van der Waals surface area contributed by atoms with Gasteiger partial charge >= 0.3 is 24.1 Å². The molecule has 0 aromatic heterocycles. The molecule has 5 amide bonds. The first-order valence-corrected chi connectivity index (χ1v) is 45.5. The molecule has 0 spiro atoms. The summed E-state index contributed by atoms with van der Waals surface area (Å²) >= 11 is 0. The predicted molar refractivity (Wildman–Crippen MR) is 514 cm³/mol. The quantitative estimate of drug-likeness (QED) is 0.00472. The van der Waals surface area contributed by atoms with E-state index in [0.717, 1.165) is 109 Å². The fraction of sp³-hybridized carbons (Fsp3) is 0.457. The van der Waals surface area contributed by atoms with Crippen molar-refractivity contribution in [2.45, 2.75) is 256 Å². The number of hydrogen-bond donors (Lipinski definition) is 3. The van der Waals surface area contributed by atoms with Gasteiger partial charge in [0.1, 0.15) is 48.1 Å². The molecule has 0 saturated carbocycles. The van der Waals surface area contributed by atoms with Crippen molar-refractivity contribution in [2.24, 2.45) is 11.8 Å². The van der Waals surface area contributed by atoms with E-state index in [0.29, 0.717) is 175 Å². The predicted octanol–water partition coefficient (Wildman–Crippen LogP) is 21.3. The molecule has 134 heavy (non-hydrogen) atoms. The number of hydrogen-bond acceptors (Lipinski definition) is 15. The Labute approximate surface area is 793 Å². The number of nitrogens with one attached hydrogen (secondary N) is 1. The number of nitrogens with zero attached hydrogens (tertiary/aromatic N) is 2. The standard InChI is InChI=1S/C33H37F2NO4.C24H28FNO4.C23H29F2NO3.C14H19FO3.C6H10O2.C4H6.CH4.B4/c1-22-15-26(12-13-30(22)34)20-39-14-8-7-11-28(18-27-16-23(2)31(35)24(3)17-27)32(37)36-29(21-40-33(36)38)19-25-9-5-4-6-10-25;1-18-14-20(11-12-22(18)25)16-29-13-7-3-6-10-23(27)26-21(17-30-24(26)28)15-19-8-4-2-5-9-19;1-15-10-18(7-8-21(15)24)14-29-9-5-4-6-20(23(27)26-28)13-19-11-16(2)22(25)17(3)12-19;1-11-9-12(6-7-13(11)15)10-18-8-4-2-3-5-14(16)17;7-6-4-2-1-3-5-8-6;1-3-4-2;;1-4(2)3/h4-6,9-10,12-13,15-17,28-29H,7-8,11,14,18-21H2,1-3H3;2,4-5,8-9,11-12,14,21H,3,6-7,10,13,15-17H2,1H3;7-8,10-12,20,28H,4-6,9,13-14H2,1-3H3,(H,26,27);6-7,9H,2-5,8,10H2,1H3,(H,16,17);1-5H2;1-2H3;1H4;/t28-,29+;21-;20-;;;;;/m010...../s1. The third-order valence-electron chi connectivity index (χ3n) is 21.9. The molecule has 0 aliphatic carbocycles. The Bertz CT molecular complexity index is 4910. The van der Waals surface area contributed by atoms with Crippen LogP contribution in [-0.4, -0.2) is 150 Å². The number of rotatable bonds is 40. The van der Waals surface area contributed by atoms with Crippen LogP contribution in [0, 0.1) is 114 Å². The Morgan fingerprint density at radius 2 is 0.784 bits per heavy atom. The molecule has 6 radical (unpaired) electrons. The van der Waals surface area contributed by atoms with Crippen molar-refractivity contribution >= 4 is 71.4 Å². The Kier molecular flexibility index (Phi) is 56.1. The third-order valence-corrected chi connectivity index (χ3v) is 21.9. The number of ether oxygens (including phenoxy) is 7. The lowest BCUT2D eigenvalue weighted by Crippen LogP contribution is -2.44. The van der Waals surface area contributed by atoms with Crippen molar-refractivity contribution in [3.8, 4) is 11.8 Å². The number of aliphatic carboxylic acids is 1. The van der Waals surface area contributed by atoms with Crippen molar-refractivity contribution in [3.05, 3.63) is 282 Å². The molecule has 3 saturated heterocycles. The van der Waals surface area contributed by atoms with Gasteiger partial charge in [0.15, 0.2) is 0 Å². The zero-order valence-electron chi connectivity index (χ0n) is 78.7. The van der Waals surface area contributed by atoms with E-state index < -0.39 is 42.3 Å². The molecule has 29 heteroatoms. The average Bonchev–Trinajstić information content (AvgIpc) is 1.63. The Morgan fingerprint density at radius 1 is 0.440 bits per heavy atom. The van der Waals surface area contributed by atoms with E-state index in [1.165, 1.54) is 34.1 Å². The van der Waals surface area contributed by atoms with Gasteiger partial charge in [-0.2, -0.15) is 0 Å². The first-order chi connectivity index (χ1) is 63.7. The van der Waals surface area contributed by atoms with E-state index in [1.54, 1.807) is 134 Å². The van der Waals surface area contributed by atoms with Gasteiger partial charge in [-0.25, -0.2) is 51.2 Å². The van der Waals surface area contributed by atoms with Crippen LogP contribution in [0.15, 0.2) is 158 Å². The number of unbranched alkanes of at least 4 members (excludes halogenated alkanes) is 6. The molecule has 8 aromatic carbocycles. The first-order valence-electron chi connectivity index (χ1n) is 45.5. The number of hydroxylamine groups is 1. The maximum atomic E-state index is 14.3. The van der Waals surface area contributed by atoms with Gasteiger partial charge in [-0.3, -0.25) is 29.2 Å². The molecule has 19 nitrogen and oxygen atoms in total. The molecule has 3 aliphatic rings. The van der Waals surface area contributed by atoms with E-state index >= 15 is 0 Å². The lowest BCUT2D eigenvalue weighted by atomic mass is 9.08. The highest BCUT2D eigenvalue weighted by Crippen LogP contribution is 2.29. The van der Waals surface area contributed by atoms with E-state index in [-0.39, 0.29) is 91.8 Å². The highest BCUT2D eigenvalue weighted by atomic mass is 19.1. The fourth-order valence-electron chi connectivity index (χ4n) is 14.7. The maximum Gasteiger partial charge on any atom is 0.416 e. The van der Waals surface area contributed by atoms with Gasteiger partial charge in [-0.05, 0) is 279 Å². The second kappa shape index (κ2) is 65.0. The number of cyclic esters (lactones) is 3. The molecule has 0 unspecified atom stereocenters. The van der Waals surface area contributed by atoms with Crippen LogP contribution >= 0.6 is 0 Å². The fourth-order valence-corrected chi connectivity index (χ4v) is 14.7. The van der Waals surface area contributed by atoms with Crippen LogP contribution in [0.5, 0.6) is 0 Å². The van der Waals surface area contributed by atoms with Crippen molar-refractivity contribution in [1.82, 2.24) is 15.3 Å². The van der Waals surface area contributed by atoms with Crippen LogP contribution in [0.3, 0.4) is 0 Å². The SMILES string of the molecule is C.CC#CC.Cc1cc(COCCCCCC(=O)N2C(=O)OC[C@H]2Cc2ccccc2)ccc1F.Cc1cc(COCCCCCC(=O)O)ccc1F.Cc1cc(COCCCC[C@@H](Cc2cc(C)c(F)c(C)c2)C(=O)N2C(=O)OC[C@H]2Cc2ccccc2)ccc1F.Cc1cc(COCCCC[C@@H](Cc2cc(C)c(F)c(C)c2)C(=O)NO)ccc1F.O=C1CCCCCO1.[B]B([B])[B]. The Morgan fingerprint density at radius 3 is 1.15 bits per heavy atom. The Hall–Kier alpha value is -10.8. The summed E-state index contributed by atoms with van der Waals surface area (Å²) in [7, 11) is 14.0. The van der Waals surface area contributed by atoms with Crippen LogP contribution in [-0.2, 0) is 109 Å². The summed E-state index contributed by atoms with van der Waals surface area (Å²) in [6, 6.07) is 45.7. The molecule has 3 N–H and O–H groups in total. The zero-order chi connectivity index (χ0) is 97.6. The second-order valence-corrected chi connectivity index (χ2v) is 33.3. The van der Waals surface area contributed by atoms with Gasteiger partial charge < -0.3 is 38.3 Å². The summed E-state index contributed by atoms with van der Waals surface area (Å²) in [4.78, 5) is 86.4. The number of amides is 5. The number of benzene rings is 8. The average molecular weight is 1850 g/mol. The second-order valence-electron chi connectivity index (χ2n) is 33.3. The minimum absolute atomic E-state index is 0. The van der Waals surface area contributed by atoms with Gasteiger partial charge in [0.05, 0.1) is 45.1 Å². The van der Waals surface area contributed by atoms with Gasteiger partial charge in [0, 0.05) is 87.1 Å². The molecule has 3 heterocycles. The van der Waals surface area contributed by atoms with E-state index in [1.807, 2.05) is 74.5 Å². The third kappa shape index (κ3) is 45.1. The number of carbonyl (C=O) groups is 7. The molecule has 0 bridgehead atoms. The largest absolute Gasteiger partial charge is 0.481 e. The highest BCUT2D eigenvalue weighted by molar-refractivity contribution is 7.49. The number of carboxylic acid groups (broad SMARTS) is 1. The molecule has 718 valence electrons. The minimum atomic E-state index is -0.752. The minimum Gasteiger partial charge on any atom is -0.481 e. The number of esters is 1. The summed E-state index contributed by atoms with van der Waals surface area (Å²) < 4.78 is 119. The molecule has 3 aliphatic heterocycles. The van der Waals surface area contributed by atoms with E-state index in [2.05, 4.69) is 35.1 Å². The smallest absolute Gasteiger partial charge is 0.416 e. The maximum absolute atomic E-state index is 14.3. The summed E-state index contributed by atoms with van der Waals surface area (Å²) in [5.41, 5.74) is 13.9. The lowest BCUT2D eigenvalue weighted by molar-refractivity contribution is -0.143. The molecule has 11 rings (SSSR count). The number of carbonyl (C=O) groups excluding carboxylic acids is 6. The molecule has 3 fully saturated rings. The van der Waals surface area contributed by atoms with Crippen LogP contribution < -0.4 is 5.48 Å². The van der Waals surface area contributed by atoms with Crippen molar-refractivity contribution in [1.29, 1.82) is 0 Å². The summed E-state index contributed by atoms with van der Waals surface area (Å²) in [6.07, 6.45) is 13.3. The number of aryl methyl sites for hydroxylation is 8. The highest BCUT2D eigenvalue weighted by Gasteiger charge is 2.41. The van der Waals surface area contributed by atoms with Crippen LogP contribution in [0.1, 0.15) is 226 Å². The van der Waals surface area contributed by atoms with Gasteiger partial charge in [0.2, 0.25) is 17.7 Å². The van der Waals surface area contributed by atoms with E-state index in [4.69, 9.17) is 43.5 Å². The first kappa shape index (κ1) is 116. The van der Waals surface area contributed by atoms with Gasteiger partial charge in [-0.15, -0.1) is 11.8 Å². The number of halogens is 6. The van der Waals surface area contributed by atoms with Crippen LogP contribution in [0.4, 0.5) is 35.9 Å². The summed E-state index contributed by atoms with van der Waals surface area (Å²) in [5.74, 6) is 1.49. The van der Waals surface area contributed by atoms with Crippen LogP contribution in [0.2, 0.25) is 0 Å². The molecule has 8 aromatic rings. The molecule has 4 atom stereocenters. The summed E-state index contributed by atoms with van der Waals surface area (Å²) in [6.45, 7) is 22.3. The normalized spacial score (nSPS) is 13.9. The zero-order valence-corrected chi connectivity index (χ0v) is 78.7.